The lowest BCUT2D eigenvalue weighted by molar-refractivity contribution is -0.116. The maximum Gasteiger partial charge on any atom is 0.258 e. The van der Waals surface area contributed by atoms with Crippen LogP contribution in [-0.4, -0.2) is 15.9 Å². The van der Waals surface area contributed by atoms with E-state index in [2.05, 4.69) is 15.3 Å². The predicted molar refractivity (Wildman–Crippen MR) is 95.1 cm³/mol. The van der Waals surface area contributed by atoms with E-state index in [0.717, 1.165) is 0 Å². The first-order valence-corrected chi connectivity index (χ1v) is 7.93. The molecular weight excluding hydrogens is 316 g/mol. The van der Waals surface area contributed by atoms with Gasteiger partial charge in [-0.2, -0.15) is 5.26 Å². The van der Waals surface area contributed by atoms with Crippen LogP contribution in [0, 0.1) is 11.3 Å². The molecule has 0 saturated carbocycles. The van der Waals surface area contributed by atoms with Gasteiger partial charge in [-0.15, -0.1) is 0 Å². The van der Waals surface area contributed by atoms with Crippen LogP contribution in [0.15, 0.2) is 53.3 Å². The summed E-state index contributed by atoms with van der Waals surface area (Å²) in [5.41, 5.74) is 1.58. The predicted octanol–water partition coefficient (Wildman–Crippen LogP) is 2.76. The van der Waals surface area contributed by atoms with Crippen LogP contribution in [0.4, 0.5) is 5.69 Å². The molecule has 3 aromatic rings. The zero-order valence-corrected chi connectivity index (χ0v) is 13.5. The minimum Gasteiger partial charge on any atom is -0.326 e. The number of nitrogens with one attached hydrogen (secondary N) is 2. The lowest BCUT2D eigenvalue weighted by Crippen LogP contribution is -2.14. The van der Waals surface area contributed by atoms with Gasteiger partial charge in [-0.1, -0.05) is 18.2 Å². The number of carbonyl (C=O) groups excluding carboxylic acids is 1. The number of fused-ring (bicyclic) bond motifs is 1. The molecule has 6 heteroatoms. The molecule has 2 N–H and O–H groups in total. The monoisotopic (exact) mass is 332 g/mol. The van der Waals surface area contributed by atoms with E-state index in [4.69, 9.17) is 5.26 Å². The Bertz CT molecular complexity index is 1020. The van der Waals surface area contributed by atoms with E-state index in [1.165, 1.54) is 0 Å². The van der Waals surface area contributed by atoms with Crippen molar-refractivity contribution in [2.24, 2.45) is 0 Å². The second kappa shape index (κ2) is 7.41. The summed E-state index contributed by atoms with van der Waals surface area (Å²) in [6.45, 7) is 0. The standard InChI is InChI=1S/C19H16N4O2/c20-12-13-5-3-6-14(11-13)21-18(24)10-4-9-17-22-16-8-2-1-7-15(16)19(25)23-17/h1-3,5-8,11H,4,9-10H2,(H,21,24)(H,22,23,25). The highest BCUT2D eigenvalue weighted by molar-refractivity contribution is 5.90. The number of rotatable bonds is 5. The number of H-pyrrole nitrogens is 1. The minimum atomic E-state index is -0.168. The Hall–Kier alpha value is -3.46. The van der Waals surface area contributed by atoms with Crippen LogP contribution < -0.4 is 10.9 Å². The second-order valence-corrected chi connectivity index (χ2v) is 5.62. The van der Waals surface area contributed by atoms with E-state index < -0.39 is 0 Å². The van der Waals surface area contributed by atoms with Gasteiger partial charge in [0, 0.05) is 18.5 Å². The van der Waals surface area contributed by atoms with Crippen molar-refractivity contribution in [1.82, 2.24) is 9.97 Å². The molecule has 0 atom stereocenters. The number of amides is 1. The number of para-hydroxylation sites is 1. The number of aromatic amines is 1. The molecule has 6 nitrogen and oxygen atoms in total. The van der Waals surface area contributed by atoms with Crippen molar-refractivity contribution in [3.63, 3.8) is 0 Å². The molecular formula is C19H16N4O2. The summed E-state index contributed by atoms with van der Waals surface area (Å²) in [5, 5.41) is 12.2. The molecule has 1 amide bonds. The second-order valence-electron chi connectivity index (χ2n) is 5.62. The van der Waals surface area contributed by atoms with Crippen LogP contribution in [0.1, 0.15) is 24.2 Å². The van der Waals surface area contributed by atoms with Crippen molar-refractivity contribution in [3.8, 4) is 6.07 Å². The van der Waals surface area contributed by atoms with Gasteiger partial charge in [0.2, 0.25) is 5.91 Å². The summed E-state index contributed by atoms with van der Waals surface area (Å²) < 4.78 is 0. The fourth-order valence-electron chi connectivity index (χ4n) is 2.56. The molecule has 0 saturated heterocycles. The Morgan fingerprint density at radius 1 is 1.20 bits per heavy atom. The highest BCUT2D eigenvalue weighted by atomic mass is 16.1. The molecule has 3 rings (SSSR count). The lowest BCUT2D eigenvalue weighted by atomic mass is 10.2. The molecule has 124 valence electrons. The maximum atomic E-state index is 12.0. The number of aromatic nitrogens is 2. The highest BCUT2D eigenvalue weighted by Gasteiger charge is 2.06. The van der Waals surface area contributed by atoms with Gasteiger partial charge in [-0.25, -0.2) is 4.98 Å². The Morgan fingerprint density at radius 3 is 2.88 bits per heavy atom. The highest BCUT2D eigenvalue weighted by Crippen LogP contribution is 2.11. The Labute approximate surface area is 144 Å². The van der Waals surface area contributed by atoms with Crippen LogP contribution in [-0.2, 0) is 11.2 Å². The number of aryl methyl sites for hydroxylation is 1. The molecule has 1 aromatic heterocycles. The molecule has 0 unspecified atom stereocenters. The zero-order valence-electron chi connectivity index (χ0n) is 13.5. The van der Waals surface area contributed by atoms with E-state index in [0.29, 0.717) is 47.2 Å². The number of benzene rings is 2. The third kappa shape index (κ3) is 4.09. The quantitative estimate of drug-likeness (QED) is 0.750. The average molecular weight is 332 g/mol. The maximum absolute atomic E-state index is 12.0. The summed E-state index contributed by atoms with van der Waals surface area (Å²) in [6, 6.07) is 15.9. The summed E-state index contributed by atoms with van der Waals surface area (Å²) in [6.07, 6.45) is 1.37. The zero-order chi connectivity index (χ0) is 17.6. The third-order valence-corrected chi connectivity index (χ3v) is 3.75. The Balaban J connectivity index is 1.58. The summed E-state index contributed by atoms with van der Waals surface area (Å²) in [7, 11) is 0. The van der Waals surface area contributed by atoms with Crippen molar-refractivity contribution < 1.29 is 4.79 Å². The van der Waals surface area contributed by atoms with Crippen molar-refractivity contribution in [3.05, 3.63) is 70.3 Å². The number of anilines is 1. The molecule has 0 aliphatic rings. The van der Waals surface area contributed by atoms with Crippen molar-refractivity contribution >= 4 is 22.5 Å². The van der Waals surface area contributed by atoms with Gasteiger partial charge >= 0.3 is 0 Å². The van der Waals surface area contributed by atoms with Gasteiger partial charge in [0.1, 0.15) is 5.82 Å². The molecule has 0 spiro atoms. The normalized spacial score (nSPS) is 10.4. The van der Waals surface area contributed by atoms with Gasteiger partial charge < -0.3 is 10.3 Å². The number of nitriles is 1. The lowest BCUT2D eigenvalue weighted by Gasteiger charge is -2.06. The van der Waals surface area contributed by atoms with E-state index >= 15 is 0 Å². The molecule has 0 aliphatic heterocycles. The largest absolute Gasteiger partial charge is 0.326 e. The van der Waals surface area contributed by atoms with Crippen LogP contribution in [0.2, 0.25) is 0 Å². The van der Waals surface area contributed by atoms with Crippen molar-refractivity contribution in [1.29, 1.82) is 5.26 Å². The third-order valence-electron chi connectivity index (χ3n) is 3.75. The number of hydrogen-bond donors (Lipinski definition) is 2. The topological polar surface area (TPSA) is 98.6 Å². The number of nitrogens with zero attached hydrogens (tertiary/aromatic N) is 2. The van der Waals surface area contributed by atoms with Gasteiger partial charge in [-0.05, 0) is 36.8 Å². The van der Waals surface area contributed by atoms with E-state index in [9.17, 15) is 9.59 Å². The molecule has 0 fully saturated rings. The minimum absolute atomic E-state index is 0.141. The van der Waals surface area contributed by atoms with E-state index in [1.807, 2.05) is 12.1 Å². The van der Waals surface area contributed by atoms with Crippen LogP contribution in [0.5, 0.6) is 0 Å². The average Bonchev–Trinajstić information content (AvgIpc) is 2.62. The molecule has 0 bridgehead atoms. The van der Waals surface area contributed by atoms with Crippen molar-refractivity contribution in [2.45, 2.75) is 19.3 Å². The summed E-state index contributed by atoms with van der Waals surface area (Å²) >= 11 is 0. The smallest absolute Gasteiger partial charge is 0.258 e. The Kier molecular flexibility index (Phi) is 4.86. The molecule has 25 heavy (non-hydrogen) atoms. The fraction of sp³-hybridized carbons (Fsp3) is 0.158. The fourth-order valence-corrected chi connectivity index (χ4v) is 2.56. The molecule has 1 heterocycles. The van der Waals surface area contributed by atoms with Gasteiger partial charge in [0.25, 0.3) is 5.56 Å². The molecule has 2 aromatic carbocycles. The van der Waals surface area contributed by atoms with Gasteiger partial charge in [0.05, 0.1) is 22.5 Å². The van der Waals surface area contributed by atoms with Crippen LogP contribution in [0.3, 0.4) is 0 Å². The first-order valence-electron chi connectivity index (χ1n) is 7.93. The number of hydrogen-bond acceptors (Lipinski definition) is 4. The first-order chi connectivity index (χ1) is 12.2. The van der Waals surface area contributed by atoms with Crippen LogP contribution in [0.25, 0.3) is 10.9 Å². The van der Waals surface area contributed by atoms with E-state index in [1.54, 1.807) is 42.5 Å². The summed E-state index contributed by atoms with van der Waals surface area (Å²) in [5.74, 6) is 0.432. The molecule has 0 aliphatic carbocycles. The van der Waals surface area contributed by atoms with Gasteiger partial charge in [0.15, 0.2) is 0 Å². The SMILES string of the molecule is N#Cc1cccc(NC(=O)CCCc2nc3ccccc3c(=O)[nH]2)c1. The van der Waals surface area contributed by atoms with Crippen LogP contribution >= 0.6 is 0 Å². The first kappa shape index (κ1) is 16.4. The van der Waals surface area contributed by atoms with E-state index in [-0.39, 0.29) is 11.5 Å². The van der Waals surface area contributed by atoms with Crippen molar-refractivity contribution in [2.75, 3.05) is 5.32 Å². The molecule has 0 radical (unpaired) electrons. The summed E-state index contributed by atoms with van der Waals surface area (Å²) in [4.78, 5) is 31.2. The van der Waals surface area contributed by atoms with Gasteiger partial charge in [-0.3, -0.25) is 9.59 Å². The number of carbonyl (C=O) groups is 1. The Morgan fingerprint density at radius 2 is 2.04 bits per heavy atom.